The summed E-state index contributed by atoms with van der Waals surface area (Å²) in [5, 5.41) is 3.55. The number of rotatable bonds is 6. The highest BCUT2D eigenvalue weighted by Crippen LogP contribution is 2.24. The minimum Gasteiger partial charge on any atom is -0.381 e. The van der Waals surface area contributed by atoms with Gasteiger partial charge in [0.1, 0.15) is 0 Å². The number of nitrogens with one attached hydrogen (secondary N) is 1. The van der Waals surface area contributed by atoms with E-state index in [4.69, 9.17) is 4.74 Å². The lowest BCUT2D eigenvalue weighted by Gasteiger charge is -2.23. The molecule has 1 saturated heterocycles. The van der Waals surface area contributed by atoms with Gasteiger partial charge in [0.05, 0.1) is 6.61 Å². The third-order valence-electron chi connectivity index (χ3n) is 3.50. The molecule has 3 heteroatoms. The van der Waals surface area contributed by atoms with Crippen LogP contribution in [0.4, 0.5) is 0 Å². The minimum absolute atomic E-state index is 0.755. The molecule has 0 aromatic rings. The van der Waals surface area contributed by atoms with E-state index in [1.165, 1.54) is 32.2 Å². The molecular weight excluding hydrogens is 188 g/mol. The normalized spacial score (nSPS) is 27.2. The third-order valence-corrected chi connectivity index (χ3v) is 3.50. The molecule has 88 valence electrons. The molecule has 0 amide bonds. The monoisotopic (exact) mass is 212 g/mol. The summed E-state index contributed by atoms with van der Waals surface area (Å²) in [6, 6.07) is 0.893. The summed E-state index contributed by atoms with van der Waals surface area (Å²) in [6.45, 7) is 5.40. The van der Waals surface area contributed by atoms with Gasteiger partial charge >= 0.3 is 0 Å². The van der Waals surface area contributed by atoms with Gasteiger partial charge in [-0.3, -0.25) is 0 Å². The molecular formula is C12H24N2O. The fourth-order valence-corrected chi connectivity index (χ4v) is 2.23. The van der Waals surface area contributed by atoms with E-state index in [0.717, 1.165) is 38.3 Å². The first-order valence-electron chi connectivity index (χ1n) is 6.35. The molecule has 1 aliphatic carbocycles. The first-order valence-corrected chi connectivity index (χ1v) is 6.35. The van der Waals surface area contributed by atoms with Crippen molar-refractivity contribution in [3.05, 3.63) is 0 Å². The Morgan fingerprint density at radius 2 is 2.20 bits per heavy atom. The van der Waals surface area contributed by atoms with Crippen LogP contribution in [-0.4, -0.2) is 50.8 Å². The number of nitrogens with zero attached hydrogens (tertiary/aromatic N) is 1. The quantitative estimate of drug-likeness (QED) is 0.667. The van der Waals surface area contributed by atoms with E-state index in [1.807, 2.05) is 0 Å². The van der Waals surface area contributed by atoms with Crippen LogP contribution in [0.15, 0.2) is 0 Å². The summed E-state index contributed by atoms with van der Waals surface area (Å²) in [4.78, 5) is 2.48. The fourth-order valence-electron chi connectivity index (χ4n) is 2.23. The second-order valence-electron chi connectivity index (χ2n) is 5.00. The van der Waals surface area contributed by atoms with E-state index in [2.05, 4.69) is 17.3 Å². The van der Waals surface area contributed by atoms with Crippen LogP contribution in [0, 0.1) is 5.92 Å². The lowest BCUT2D eigenvalue weighted by Crippen LogP contribution is -2.35. The molecule has 1 atom stereocenters. The van der Waals surface area contributed by atoms with Crippen LogP contribution in [0.25, 0.3) is 0 Å². The maximum absolute atomic E-state index is 5.46. The summed E-state index contributed by atoms with van der Waals surface area (Å²) >= 11 is 0. The molecule has 15 heavy (non-hydrogen) atoms. The van der Waals surface area contributed by atoms with Crippen LogP contribution in [0.5, 0.6) is 0 Å². The van der Waals surface area contributed by atoms with Gasteiger partial charge in [0, 0.05) is 32.3 Å². The predicted molar refractivity (Wildman–Crippen MR) is 62.1 cm³/mol. The average Bonchev–Trinajstić information content (AvgIpc) is 3.09. The van der Waals surface area contributed by atoms with Crippen molar-refractivity contribution in [2.45, 2.75) is 31.7 Å². The minimum atomic E-state index is 0.755. The molecule has 3 nitrogen and oxygen atoms in total. The van der Waals surface area contributed by atoms with Gasteiger partial charge in [-0.25, -0.2) is 0 Å². The summed E-state index contributed by atoms with van der Waals surface area (Å²) in [5.74, 6) is 0.755. The zero-order valence-corrected chi connectivity index (χ0v) is 9.87. The van der Waals surface area contributed by atoms with Gasteiger partial charge in [-0.15, -0.1) is 0 Å². The highest BCUT2D eigenvalue weighted by Gasteiger charge is 2.25. The first-order chi connectivity index (χ1) is 7.36. The van der Waals surface area contributed by atoms with Crippen LogP contribution in [-0.2, 0) is 4.74 Å². The van der Waals surface area contributed by atoms with E-state index in [0.29, 0.717) is 0 Å². The molecule has 1 N–H and O–H groups in total. The standard InChI is InChI=1S/C12H24N2O/c1-14(12-4-5-12)7-6-13-9-11-3-2-8-15-10-11/h11-13H,2-10H2,1H3. The molecule has 0 aromatic carbocycles. The van der Waals surface area contributed by atoms with E-state index in [9.17, 15) is 0 Å². The lowest BCUT2D eigenvalue weighted by molar-refractivity contribution is 0.0547. The molecule has 0 bridgehead atoms. The zero-order chi connectivity index (χ0) is 10.5. The van der Waals surface area contributed by atoms with Crippen molar-refractivity contribution in [1.82, 2.24) is 10.2 Å². The number of ether oxygens (including phenoxy) is 1. The van der Waals surface area contributed by atoms with Gasteiger partial charge in [0.2, 0.25) is 0 Å². The number of hydrogen-bond donors (Lipinski definition) is 1. The lowest BCUT2D eigenvalue weighted by atomic mass is 10.0. The highest BCUT2D eigenvalue weighted by atomic mass is 16.5. The molecule has 1 aliphatic heterocycles. The van der Waals surface area contributed by atoms with Crippen molar-refractivity contribution in [3.63, 3.8) is 0 Å². The molecule has 0 radical (unpaired) electrons. The second kappa shape index (κ2) is 5.83. The highest BCUT2D eigenvalue weighted by molar-refractivity contribution is 4.82. The Labute approximate surface area is 93.2 Å². The molecule has 2 aliphatic rings. The fraction of sp³-hybridized carbons (Fsp3) is 1.00. The predicted octanol–water partition coefficient (Wildman–Crippen LogP) is 1.10. The molecule has 0 aromatic heterocycles. The number of likely N-dealkylation sites (N-methyl/N-ethyl adjacent to an activating group) is 1. The van der Waals surface area contributed by atoms with E-state index in [1.54, 1.807) is 0 Å². The summed E-state index contributed by atoms with van der Waals surface area (Å²) in [5.41, 5.74) is 0. The van der Waals surface area contributed by atoms with Gasteiger partial charge < -0.3 is 15.0 Å². The van der Waals surface area contributed by atoms with Crippen LogP contribution in [0.1, 0.15) is 25.7 Å². The smallest absolute Gasteiger partial charge is 0.0506 e. The van der Waals surface area contributed by atoms with Crippen LogP contribution in [0.3, 0.4) is 0 Å². The Kier molecular flexibility index (Phi) is 4.42. The van der Waals surface area contributed by atoms with Crippen molar-refractivity contribution in [2.75, 3.05) is 39.9 Å². The molecule has 1 saturated carbocycles. The van der Waals surface area contributed by atoms with Crippen molar-refractivity contribution in [3.8, 4) is 0 Å². The van der Waals surface area contributed by atoms with Crippen molar-refractivity contribution in [2.24, 2.45) is 5.92 Å². The Balaban J connectivity index is 1.46. The first kappa shape index (κ1) is 11.4. The summed E-state index contributed by atoms with van der Waals surface area (Å²) < 4.78 is 5.46. The van der Waals surface area contributed by atoms with Crippen molar-refractivity contribution in [1.29, 1.82) is 0 Å². The Bertz CT molecular complexity index is 176. The molecule has 1 heterocycles. The maximum Gasteiger partial charge on any atom is 0.0506 e. The average molecular weight is 212 g/mol. The summed E-state index contributed by atoms with van der Waals surface area (Å²) in [6.07, 6.45) is 5.40. The van der Waals surface area contributed by atoms with Gasteiger partial charge in [-0.2, -0.15) is 0 Å². The van der Waals surface area contributed by atoms with Crippen molar-refractivity contribution < 1.29 is 4.74 Å². The third kappa shape index (κ3) is 4.09. The SMILES string of the molecule is CN(CCNCC1CCCOC1)C1CC1. The number of hydrogen-bond acceptors (Lipinski definition) is 3. The van der Waals surface area contributed by atoms with Crippen LogP contribution >= 0.6 is 0 Å². The molecule has 2 fully saturated rings. The topological polar surface area (TPSA) is 24.5 Å². The Hall–Kier alpha value is -0.120. The van der Waals surface area contributed by atoms with Crippen molar-refractivity contribution >= 4 is 0 Å². The largest absolute Gasteiger partial charge is 0.381 e. The Morgan fingerprint density at radius 1 is 1.33 bits per heavy atom. The van der Waals surface area contributed by atoms with Gasteiger partial charge in [0.15, 0.2) is 0 Å². The molecule has 2 rings (SSSR count). The van der Waals surface area contributed by atoms with Crippen LogP contribution < -0.4 is 5.32 Å². The second-order valence-corrected chi connectivity index (χ2v) is 5.00. The van der Waals surface area contributed by atoms with E-state index < -0.39 is 0 Å². The maximum atomic E-state index is 5.46. The van der Waals surface area contributed by atoms with E-state index in [-0.39, 0.29) is 0 Å². The van der Waals surface area contributed by atoms with Gasteiger partial charge in [-0.1, -0.05) is 0 Å². The molecule has 1 unspecified atom stereocenters. The zero-order valence-electron chi connectivity index (χ0n) is 9.87. The van der Waals surface area contributed by atoms with E-state index >= 15 is 0 Å². The summed E-state index contributed by atoms with van der Waals surface area (Å²) in [7, 11) is 2.24. The van der Waals surface area contributed by atoms with Gasteiger partial charge in [-0.05, 0) is 38.6 Å². The van der Waals surface area contributed by atoms with Crippen LogP contribution in [0.2, 0.25) is 0 Å². The Morgan fingerprint density at radius 3 is 2.87 bits per heavy atom. The molecule has 0 spiro atoms. The van der Waals surface area contributed by atoms with Gasteiger partial charge in [0.25, 0.3) is 0 Å².